The van der Waals surface area contributed by atoms with Crippen molar-refractivity contribution in [2.75, 3.05) is 41.7 Å². The zero-order valence-electron chi connectivity index (χ0n) is 17.6. The van der Waals surface area contributed by atoms with Gasteiger partial charge in [-0.2, -0.15) is 0 Å². The number of hydrogen-bond donors (Lipinski definition) is 2. The van der Waals surface area contributed by atoms with E-state index in [0.29, 0.717) is 11.3 Å². The standard InChI is InChI=1S/C21H23FN8OS/c1-21(2-3-21)31-17-8-13(15(23)9-14(17)22)19(24)16-10-18(26-11-25-16)29-4-6-30(7-5-29)20-28-27-12-32-20/h8-12,24H,2-7,23H2,1H3. The average Bonchev–Trinajstić information content (AvgIpc) is 3.28. The first-order chi connectivity index (χ1) is 15.4. The molecule has 1 aliphatic heterocycles. The van der Waals surface area contributed by atoms with E-state index in [4.69, 9.17) is 15.9 Å². The smallest absolute Gasteiger partial charge is 0.208 e. The predicted molar refractivity (Wildman–Crippen MR) is 121 cm³/mol. The first-order valence-electron chi connectivity index (χ1n) is 10.4. The summed E-state index contributed by atoms with van der Waals surface area (Å²) >= 11 is 1.52. The van der Waals surface area contributed by atoms with Crippen LogP contribution in [0.3, 0.4) is 0 Å². The van der Waals surface area contributed by atoms with Crippen LogP contribution in [0, 0.1) is 11.2 Å². The highest BCUT2D eigenvalue weighted by Crippen LogP contribution is 2.41. The Bertz CT molecular complexity index is 1140. The molecule has 0 unspecified atom stereocenters. The molecule has 1 saturated carbocycles. The largest absolute Gasteiger partial charge is 0.484 e. The maximum absolute atomic E-state index is 14.4. The van der Waals surface area contributed by atoms with Crippen molar-refractivity contribution in [3.05, 3.63) is 47.1 Å². The lowest BCUT2D eigenvalue weighted by molar-refractivity contribution is 0.191. The van der Waals surface area contributed by atoms with Gasteiger partial charge in [0.25, 0.3) is 0 Å². The molecule has 9 nitrogen and oxygen atoms in total. The van der Waals surface area contributed by atoms with Crippen molar-refractivity contribution in [1.82, 2.24) is 20.2 Å². The number of aromatic nitrogens is 4. The lowest BCUT2D eigenvalue weighted by atomic mass is 10.0. The quantitative estimate of drug-likeness (QED) is 0.431. The van der Waals surface area contributed by atoms with Gasteiger partial charge in [-0.3, -0.25) is 5.41 Å². The minimum atomic E-state index is -0.524. The summed E-state index contributed by atoms with van der Waals surface area (Å²) in [6, 6.07) is 4.48. The minimum Gasteiger partial charge on any atom is -0.484 e. The van der Waals surface area contributed by atoms with Crippen molar-refractivity contribution in [1.29, 1.82) is 5.41 Å². The summed E-state index contributed by atoms with van der Waals surface area (Å²) in [6.45, 7) is 5.07. The van der Waals surface area contributed by atoms with Gasteiger partial charge in [-0.25, -0.2) is 14.4 Å². The van der Waals surface area contributed by atoms with E-state index in [0.717, 1.165) is 50.0 Å². The molecule has 0 amide bonds. The molecule has 1 aromatic carbocycles. The number of nitrogen functional groups attached to an aromatic ring is 1. The van der Waals surface area contributed by atoms with Crippen LogP contribution in [0.2, 0.25) is 0 Å². The molecule has 3 heterocycles. The third-order valence-electron chi connectivity index (χ3n) is 5.82. The Morgan fingerprint density at radius 2 is 1.91 bits per heavy atom. The summed E-state index contributed by atoms with van der Waals surface area (Å²) < 4.78 is 20.2. The zero-order valence-corrected chi connectivity index (χ0v) is 18.4. The Balaban J connectivity index is 1.34. The number of rotatable bonds is 6. The molecule has 2 aromatic heterocycles. The molecule has 1 aliphatic carbocycles. The normalized spacial score (nSPS) is 17.3. The number of nitrogens with two attached hydrogens (primary N) is 1. The van der Waals surface area contributed by atoms with Crippen LogP contribution in [0.15, 0.2) is 30.0 Å². The summed E-state index contributed by atoms with van der Waals surface area (Å²) in [4.78, 5) is 13.0. The van der Waals surface area contributed by atoms with Crippen LogP contribution < -0.4 is 20.3 Å². The number of halogens is 1. The van der Waals surface area contributed by atoms with Crippen LogP contribution in [-0.4, -0.2) is 57.7 Å². The number of hydrogen-bond acceptors (Lipinski definition) is 10. The molecule has 2 aliphatic rings. The second-order valence-corrected chi connectivity index (χ2v) is 9.07. The van der Waals surface area contributed by atoms with Crippen LogP contribution in [0.1, 0.15) is 31.0 Å². The van der Waals surface area contributed by atoms with Gasteiger partial charge in [0.1, 0.15) is 23.3 Å². The molecule has 3 N–H and O–H groups in total. The van der Waals surface area contributed by atoms with Crippen molar-refractivity contribution in [3.63, 3.8) is 0 Å². The minimum absolute atomic E-state index is 0.101. The van der Waals surface area contributed by atoms with Crippen LogP contribution in [0.25, 0.3) is 0 Å². The van der Waals surface area contributed by atoms with Gasteiger partial charge in [0.15, 0.2) is 11.6 Å². The molecule has 0 radical (unpaired) electrons. The van der Waals surface area contributed by atoms with Gasteiger partial charge >= 0.3 is 0 Å². The van der Waals surface area contributed by atoms with E-state index in [2.05, 4.69) is 30.0 Å². The van der Waals surface area contributed by atoms with Crippen molar-refractivity contribution in [2.24, 2.45) is 0 Å². The van der Waals surface area contributed by atoms with E-state index in [9.17, 15) is 4.39 Å². The first kappa shape index (κ1) is 20.6. The molecular weight excluding hydrogens is 431 g/mol. The molecule has 32 heavy (non-hydrogen) atoms. The Hall–Kier alpha value is -3.34. The number of benzene rings is 1. The van der Waals surface area contributed by atoms with Crippen molar-refractivity contribution < 1.29 is 9.13 Å². The Morgan fingerprint density at radius 1 is 1.16 bits per heavy atom. The highest BCUT2D eigenvalue weighted by Gasteiger charge is 2.40. The SMILES string of the molecule is CC1(Oc2cc(C(=N)c3cc(N4CCN(c5nncs5)CC4)ncn3)c(N)cc2F)CC1. The molecule has 0 atom stereocenters. The second kappa shape index (κ2) is 7.97. The van der Waals surface area contributed by atoms with Crippen LogP contribution in [0.4, 0.5) is 21.0 Å². The van der Waals surface area contributed by atoms with Gasteiger partial charge in [0, 0.05) is 49.6 Å². The lowest BCUT2D eigenvalue weighted by Gasteiger charge is -2.35. The zero-order chi connectivity index (χ0) is 22.3. The van der Waals surface area contributed by atoms with Gasteiger partial charge < -0.3 is 20.3 Å². The van der Waals surface area contributed by atoms with Gasteiger partial charge in [0.05, 0.1) is 11.4 Å². The summed E-state index contributed by atoms with van der Waals surface area (Å²) in [7, 11) is 0. The maximum atomic E-state index is 14.4. The van der Waals surface area contributed by atoms with E-state index < -0.39 is 5.82 Å². The summed E-state index contributed by atoms with van der Waals surface area (Å²) in [5, 5.41) is 17.6. The Morgan fingerprint density at radius 3 is 2.59 bits per heavy atom. The number of piperazine rings is 1. The fourth-order valence-electron chi connectivity index (χ4n) is 3.63. The van der Waals surface area contributed by atoms with Crippen LogP contribution >= 0.6 is 11.3 Å². The van der Waals surface area contributed by atoms with Crippen molar-refractivity contribution in [3.8, 4) is 5.75 Å². The molecule has 5 rings (SSSR count). The summed E-state index contributed by atoms with van der Waals surface area (Å²) in [5.41, 5.74) is 8.52. The second-order valence-electron chi connectivity index (χ2n) is 8.25. The van der Waals surface area contributed by atoms with Gasteiger partial charge in [-0.05, 0) is 25.8 Å². The molecule has 166 valence electrons. The number of anilines is 3. The summed E-state index contributed by atoms with van der Waals surface area (Å²) in [5.74, 6) is 0.323. The maximum Gasteiger partial charge on any atom is 0.208 e. The monoisotopic (exact) mass is 454 g/mol. The molecular formula is C21H23FN8OS. The van der Waals surface area contributed by atoms with Gasteiger partial charge in [0.2, 0.25) is 5.13 Å². The van der Waals surface area contributed by atoms with Crippen LogP contribution in [-0.2, 0) is 0 Å². The fourth-order valence-corrected chi connectivity index (χ4v) is 4.25. The molecule has 0 bridgehead atoms. The van der Waals surface area contributed by atoms with E-state index in [1.165, 1.54) is 29.8 Å². The van der Waals surface area contributed by atoms with E-state index in [1.807, 2.05) is 6.92 Å². The third-order valence-corrected chi connectivity index (χ3v) is 6.57. The van der Waals surface area contributed by atoms with E-state index in [-0.39, 0.29) is 22.7 Å². The summed E-state index contributed by atoms with van der Waals surface area (Å²) in [6.07, 6.45) is 3.20. The van der Waals surface area contributed by atoms with E-state index in [1.54, 1.807) is 11.6 Å². The average molecular weight is 455 g/mol. The Labute approximate surface area is 188 Å². The molecule has 0 spiro atoms. The van der Waals surface area contributed by atoms with Crippen molar-refractivity contribution >= 4 is 33.7 Å². The molecule has 2 fully saturated rings. The van der Waals surface area contributed by atoms with Crippen molar-refractivity contribution in [2.45, 2.75) is 25.4 Å². The fraction of sp³-hybridized carbons (Fsp3) is 0.381. The Kier molecular flexibility index (Phi) is 5.12. The first-order valence-corrected chi connectivity index (χ1v) is 11.3. The topological polar surface area (TPSA) is 117 Å². The predicted octanol–water partition coefficient (Wildman–Crippen LogP) is 2.72. The lowest BCUT2D eigenvalue weighted by Crippen LogP contribution is -2.46. The number of ether oxygens (including phenoxy) is 1. The highest BCUT2D eigenvalue weighted by molar-refractivity contribution is 7.13. The highest BCUT2D eigenvalue weighted by atomic mass is 32.1. The molecule has 1 saturated heterocycles. The number of nitrogens with zero attached hydrogens (tertiary/aromatic N) is 6. The van der Waals surface area contributed by atoms with Gasteiger partial charge in [-0.15, -0.1) is 10.2 Å². The van der Waals surface area contributed by atoms with E-state index >= 15 is 0 Å². The third kappa shape index (κ3) is 4.07. The number of nitrogens with one attached hydrogen (secondary N) is 1. The molecule has 3 aromatic rings. The van der Waals surface area contributed by atoms with Crippen LogP contribution in [0.5, 0.6) is 5.75 Å². The van der Waals surface area contributed by atoms with Gasteiger partial charge in [-0.1, -0.05) is 11.3 Å². The molecule has 11 heteroatoms.